The lowest BCUT2D eigenvalue weighted by Gasteiger charge is -2.12. The van der Waals surface area contributed by atoms with Crippen LogP contribution in [0.4, 0.5) is 10.1 Å². The zero-order valence-electron chi connectivity index (χ0n) is 11.8. The van der Waals surface area contributed by atoms with E-state index in [-0.39, 0.29) is 5.75 Å². The van der Waals surface area contributed by atoms with Crippen LogP contribution in [0.5, 0.6) is 11.5 Å². The van der Waals surface area contributed by atoms with Crippen molar-refractivity contribution in [2.45, 2.75) is 6.54 Å². The first-order chi connectivity index (χ1) is 10.2. The Kier molecular flexibility index (Phi) is 4.62. The van der Waals surface area contributed by atoms with Gasteiger partial charge in [0.2, 0.25) is 0 Å². The van der Waals surface area contributed by atoms with Gasteiger partial charge in [-0.05, 0) is 30.3 Å². The lowest BCUT2D eigenvalue weighted by atomic mass is 10.1. The molecule has 0 amide bonds. The maximum Gasteiger partial charge on any atom is 0.165 e. The number of hydrogen-bond donors (Lipinski definition) is 1. The summed E-state index contributed by atoms with van der Waals surface area (Å²) in [7, 11) is 2.99. The fourth-order valence-electron chi connectivity index (χ4n) is 1.95. The number of halogens is 1. The van der Waals surface area contributed by atoms with Crippen molar-refractivity contribution in [2.75, 3.05) is 19.5 Å². The van der Waals surface area contributed by atoms with Gasteiger partial charge in [-0.15, -0.1) is 0 Å². The van der Waals surface area contributed by atoms with Crippen molar-refractivity contribution in [3.05, 3.63) is 53.3 Å². The van der Waals surface area contributed by atoms with Crippen molar-refractivity contribution >= 4 is 5.69 Å². The smallest absolute Gasteiger partial charge is 0.165 e. The third kappa shape index (κ3) is 3.42. The lowest BCUT2D eigenvalue weighted by molar-refractivity contribution is 0.387. The van der Waals surface area contributed by atoms with E-state index < -0.39 is 5.82 Å². The van der Waals surface area contributed by atoms with Crippen LogP contribution in [0.2, 0.25) is 0 Å². The second kappa shape index (κ2) is 6.62. The Morgan fingerprint density at radius 1 is 1.10 bits per heavy atom. The summed E-state index contributed by atoms with van der Waals surface area (Å²) in [5.74, 6) is 0.459. The Morgan fingerprint density at radius 2 is 1.86 bits per heavy atom. The van der Waals surface area contributed by atoms with Crippen LogP contribution in [-0.2, 0) is 6.54 Å². The molecule has 0 aromatic heterocycles. The highest BCUT2D eigenvalue weighted by Crippen LogP contribution is 2.24. The van der Waals surface area contributed by atoms with E-state index in [9.17, 15) is 4.39 Å². The summed E-state index contributed by atoms with van der Waals surface area (Å²) in [6.07, 6.45) is 0. The summed E-state index contributed by atoms with van der Waals surface area (Å²) in [6.45, 7) is 0.452. The number of rotatable bonds is 5. The van der Waals surface area contributed by atoms with Gasteiger partial charge in [0, 0.05) is 23.9 Å². The Morgan fingerprint density at radius 3 is 2.52 bits per heavy atom. The molecule has 5 heteroatoms. The average Bonchev–Trinajstić information content (AvgIpc) is 2.53. The summed E-state index contributed by atoms with van der Waals surface area (Å²) in [6, 6.07) is 11.8. The molecule has 2 aromatic carbocycles. The molecule has 0 aliphatic carbocycles. The predicted molar refractivity (Wildman–Crippen MR) is 78.0 cm³/mol. The molecule has 0 atom stereocenters. The lowest BCUT2D eigenvalue weighted by Crippen LogP contribution is -2.03. The maximum atomic E-state index is 13.3. The van der Waals surface area contributed by atoms with Crippen LogP contribution in [0.25, 0.3) is 0 Å². The number of nitrogens with zero attached hydrogens (tertiary/aromatic N) is 1. The molecule has 0 fully saturated rings. The van der Waals surface area contributed by atoms with Crippen molar-refractivity contribution in [3.8, 4) is 17.6 Å². The number of ether oxygens (including phenoxy) is 2. The van der Waals surface area contributed by atoms with Crippen molar-refractivity contribution < 1.29 is 13.9 Å². The molecule has 0 saturated carbocycles. The zero-order valence-corrected chi connectivity index (χ0v) is 11.8. The molecule has 2 aromatic rings. The van der Waals surface area contributed by atoms with E-state index in [0.717, 1.165) is 11.3 Å². The van der Waals surface area contributed by atoms with Crippen LogP contribution < -0.4 is 14.8 Å². The molecule has 108 valence electrons. The Balaban J connectivity index is 2.18. The molecule has 0 heterocycles. The third-order valence-corrected chi connectivity index (χ3v) is 3.04. The highest BCUT2D eigenvalue weighted by molar-refractivity contribution is 5.51. The van der Waals surface area contributed by atoms with E-state index in [1.807, 2.05) is 0 Å². The van der Waals surface area contributed by atoms with E-state index in [1.165, 1.54) is 13.2 Å². The highest BCUT2D eigenvalue weighted by atomic mass is 19.1. The molecule has 1 N–H and O–H groups in total. The number of anilines is 1. The van der Waals surface area contributed by atoms with E-state index in [4.69, 9.17) is 14.7 Å². The van der Waals surface area contributed by atoms with Gasteiger partial charge in [-0.2, -0.15) is 5.26 Å². The highest BCUT2D eigenvalue weighted by Gasteiger charge is 2.06. The summed E-state index contributed by atoms with van der Waals surface area (Å²) in [5.41, 5.74) is 2.13. The quantitative estimate of drug-likeness (QED) is 0.916. The first kappa shape index (κ1) is 14.7. The fraction of sp³-hybridized carbons (Fsp3) is 0.188. The number of nitrogens with one attached hydrogen (secondary N) is 1. The Bertz CT molecular complexity index is 680. The second-order valence-electron chi connectivity index (χ2n) is 4.34. The SMILES string of the molecule is COc1cc(NCc2cc(C#N)ccc2OC)ccc1F. The van der Waals surface area contributed by atoms with Crippen LogP contribution in [0, 0.1) is 17.1 Å². The van der Waals surface area contributed by atoms with Gasteiger partial charge in [0.05, 0.1) is 25.9 Å². The van der Waals surface area contributed by atoms with Crippen molar-refractivity contribution in [1.82, 2.24) is 0 Å². The van der Waals surface area contributed by atoms with E-state index >= 15 is 0 Å². The van der Waals surface area contributed by atoms with Crippen LogP contribution in [0.1, 0.15) is 11.1 Å². The number of nitriles is 1. The Hall–Kier alpha value is -2.74. The molecule has 21 heavy (non-hydrogen) atoms. The molecule has 0 bridgehead atoms. The van der Waals surface area contributed by atoms with E-state index in [1.54, 1.807) is 37.4 Å². The van der Waals surface area contributed by atoms with Gasteiger partial charge < -0.3 is 14.8 Å². The van der Waals surface area contributed by atoms with Crippen LogP contribution in [0.15, 0.2) is 36.4 Å². The molecular formula is C16H15FN2O2. The minimum Gasteiger partial charge on any atom is -0.496 e. The number of methoxy groups -OCH3 is 2. The summed E-state index contributed by atoms with van der Waals surface area (Å²) in [5, 5.41) is 12.1. The fourth-order valence-corrected chi connectivity index (χ4v) is 1.95. The minimum atomic E-state index is -0.410. The zero-order chi connectivity index (χ0) is 15.2. The molecule has 0 aliphatic rings. The average molecular weight is 286 g/mol. The minimum absolute atomic E-state index is 0.178. The first-order valence-corrected chi connectivity index (χ1v) is 6.32. The molecule has 0 unspecified atom stereocenters. The van der Waals surface area contributed by atoms with Gasteiger partial charge in [0.25, 0.3) is 0 Å². The second-order valence-corrected chi connectivity index (χ2v) is 4.34. The number of benzene rings is 2. The molecule has 2 rings (SSSR count). The van der Waals surface area contributed by atoms with Gasteiger partial charge in [0.1, 0.15) is 5.75 Å². The van der Waals surface area contributed by atoms with Crippen molar-refractivity contribution in [3.63, 3.8) is 0 Å². The normalized spacial score (nSPS) is 9.81. The van der Waals surface area contributed by atoms with Crippen LogP contribution in [-0.4, -0.2) is 14.2 Å². The molecule has 0 spiro atoms. The van der Waals surface area contributed by atoms with Crippen LogP contribution in [0.3, 0.4) is 0 Å². The predicted octanol–water partition coefficient (Wildman–Crippen LogP) is 3.33. The molecule has 4 nitrogen and oxygen atoms in total. The van der Waals surface area contributed by atoms with Gasteiger partial charge >= 0.3 is 0 Å². The summed E-state index contributed by atoms with van der Waals surface area (Å²) < 4.78 is 23.5. The van der Waals surface area contributed by atoms with Gasteiger partial charge in [-0.25, -0.2) is 4.39 Å². The first-order valence-electron chi connectivity index (χ1n) is 6.32. The van der Waals surface area contributed by atoms with Gasteiger partial charge in [-0.3, -0.25) is 0 Å². The van der Waals surface area contributed by atoms with E-state index in [2.05, 4.69) is 11.4 Å². The third-order valence-electron chi connectivity index (χ3n) is 3.04. The largest absolute Gasteiger partial charge is 0.496 e. The van der Waals surface area contributed by atoms with Crippen molar-refractivity contribution in [1.29, 1.82) is 5.26 Å². The summed E-state index contributed by atoms with van der Waals surface area (Å²) in [4.78, 5) is 0. The topological polar surface area (TPSA) is 54.3 Å². The molecule has 0 radical (unpaired) electrons. The number of hydrogen-bond acceptors (Lipinski definition) is 4. The standard InChI is InChI=1S/C16H15FN2O2/c1-20-15-6-3-11(9-18)7-12(15)10-19-13-4-5-14(17)16(8-13)21-2/h3-8,19H,10H2,1-2H3. The Labute approximate surface area is 122 Å². The monoisotopic (exact) mass is 286 g/mol. The molecular weight excluding hydrogens is 271 g/mol. The van der Waals surface area contributed by atoms with E-state index in [0.29, 0.717) is 17.9 Å². The van der Waals surface area contributed by atoms with Gasteiger partial charge in [0.15, 0.2) is 11.6 Å². The maximum absolute atomic E-state index is 13.3. The molecule has 0 saturated heterocycles. The summed E-state index contributed by atoms with van der Waals surface area (Å²) >= 11 is 0. The van der Waals surface area contributed by atoms with Crippen LogP contribution >= 0.6 is 0 Å². The molecule has 0 aliphatic heterocycles. The van der Waals surface area contributed by atoms with Gasteiger partial charge in [-0.1, -0.05) is 0 Å². The van der Waals surface area contributed by atoms with Crippen molar-refractivity contribution in [2.24, 2.45) is 0 Å².